The number of hydrogen-bond donors (Lipinski definition) is 1. The third kappa shape index (κ3) is 5.50. The van der Waals surface area contributed by atoms with Gasteiger partial charge >= 0.3 is 0 Å². The molecule has 0 aliphatic heterocycles. The van der Waals surface area contributed by atoms with E-state index in [0.717, 1.165) is 30.6 Å². The van der Waals surface area contributed by atoms with Crippen molar-refractivity contribution >= 4 is 12.1 Å². The van der Waals surface area contributed by atoms with Crippen molar-refractivity contribution in [2.45, 2.75) is 26.2 Å². The van der Waals surface area contributed by atoms with Crippen LogP contribution in [0.2, 0.25) is 0 Å². The first-order valence-corrected chi connectivity index (χ1v) is 8.01. The molecule has 5 heteroatoms. The highest BCUT2D eigenvalue weighted by Crippen LogP contribution is 2.12. The number of ether oxygens (including phenoxy) is 1. The molecule has 0 bridgehead atoms. The summed E-state index contributed by atoms with van der Waals surface area (Å²) >= 11 is 0. The van der Waals surface area contributed by atoms with Gasteiger partial charge in [-0.3, -0.25) is 4.79 Å². The second-order valence-electron chi connectivity index (χ2n) is 5.30. The third-order valence-electron chi connectivity index (χ3n) is 3.39. The lowest BCUT2D eigenvalue weighted by Gasteiger charge is -2.05. The number of amides is 1. The molecule has 0 fully saturated rings. The minimum absolute atomic E-state index is 0.0366. The molecule has 0 saturated carbocycles. The SMILES string of the molecule is CCCCCOc1ccc(/C=N\NC(=O)c2ccccc2F)cc1. The zero-order valence-corrected chi connectivity index (χ0v) is 13.7. The smallest absolute Gasteiger partial charge is 0.274 e. The fraction of sp³-hybridized carbons (Fsp3) is 0.263. The average molecular weight is 328 g/mol. The number of nitrogens with zero attached hydrogens (tertiary/aromatic N) is 1. The monoisotopic (exact) mass is 328 g/mol. The van der Waals surface area contributed by atoms with Crippen LogP contribution in [0, 0.1) is 5.82 Å². The van der Waals surface area contributed by atoms with Crippen molar-refractivity contribution in [2.24, 2.45) is 5.10 Å². The van der Waals surface area contributed by atoms with Gasteiger partial charge in [-0.15, -0.1) is 0 Å². The molecule has 1 amide bonds. The van der Waals surface area contributed by atoms with Crippen molar-refractivity contribution in [3.8, 4) is 5.75 Å². The van der Waals surface area contributed by atoms with E-state index in [-0.39, 0.29) is 5.56 Å². The fourth-order valence-electron chi connectivity index (χ4n) is 2.06. The number of nitrogens with one attached hydrogen (secondary N) is 1. The van der Waals surface area contributed by atoms with Crippen LogP contribution >= 0.6 is 0 Å². The molecule has 2 aromatic carbocycles. The standard InChI is InChI=1S/C19H21FN2O2/c1-2-3-6-13-24-16-11-9-15(10-12-16)14-21-22-19(23)17-7-4-5-8-18(17)20/h4-5,7-12,14H,2-3,6,13H2,1H3,(H,22,23)/b21-14-. The van der Waals surface area contributed by atoms with Gasteiger partial charge in [0.25, 0.3) is 5.91 Å². The Hall–Kier alpha value is -2.69. The average Bonchev–Trinajstić information content (AvgIpc) is 2.60. The van der Waals surface area contributed by atoms with Crippen LogP contribution in [0.1, 0.15) is 42.1 Å². The minimum Gasteiger partial charge on any atom is -0.494 e. The zero-order chi connectivity index (χ0) is 17.2. The summed E-state index contributed by atoms with van der Waals surface area (Å²) in [5.74, 6) is -0.353. The molecule has 2 rings (SSSR count). The van der Waals surface area contributed by atoms with E-state index in [0.29, 0.717) is 6.61 Å². The molecular formula is C19H21FN2O2. The number of rotatable bonds is 8. The number of unbranched alkanes of at least 4 members (excludes halogenated alkanes) is 2. The van der Waals surface area contributed by atoms with E-state index < -0.39 is 11.7 Å². The first kappa shape index (κ1) is 17.7. The lowest BCUT2D eigenvalue weighted by molar-refractivity contribution is 0.0951. The number of benzene rings is 2. The Morgan fingerprint density at radius 2 is 1.92 bits per heavy atom. The number of hydrazone groups is 1. The van der Waals surface area contributed by atoms with E-state index in [1.165, 1.54) is 24.4 Å². The molecule has 24 heavy (non-hydrogen) atoms. The quantitative estimate of drug-likeness (QED) is 0.449. The Balaban J connectivity index is 1.84. The maximum atomic E-state index is 13.5. The van der Waals surface area contributed by atoms with Gasteiger partial charge in [0.1, 0.15) is 11.6 Å². The van der Waals surface area contributed by atoms with Crippen molar-refractivity contribution in [2.75, 3.05) is 6.61 Å². The van der Waals surface area contributed by atoms with Gasteiger partial charge in [-0.25, -0.2) is 9.82 Å². The summed E-state index contributed by atoms with van der Waals surface area (Å²) < 4.78 is 19.1. The van der Waals surface area contributed by atoms with Crippen molar-refractivity contribution in [1.82, 2.24) is 5.43 Å². The van der Waals surface area contributed by atoms with Gasteiger partial charge in [-0.05, 0) is 48.4 Å². The van der Waals surface area contributed by atoms with E-state index in [1.54, 1.807) is 6.07 Å². The van der Waals surface area contributed by atoms with E-state index >= 15 is 0 Å². The van der Waals surface area contributed by atoms with Crippen LogP contribution in [0.25, 0.3) is 0 Å². The molecule has 1 N–H and O–H groups in total. The predicted octanol–water partition coefficient (Wildman–Crippen LogP) is 4.16. The molecule has 4 nitrogen and oxygen atoms in total. The topological polar surface area (TPSA) is 50.7 Å². The van der Waals surface area contributed by atoms with Crippen LogP contribution < -0.4 is 10.2 Å². The molecule has 0 aliphatic carbocycles. The van der Waals surface area contributed by atoms with Crippen LogP contribution in [0.4, 0.5) is 4.39 Å². The van der Waals surface area contributed by atoms with Crippen molar-refractivity contribution in [1.29, 1.82) is 0 Å². The number of halogens is 1. The minimum atomic E-state index is -0.583. The summed E-state index contributed by atoms with van der Waals surface area (Å²) in [5.41, 5.74) is 3.08. The highest BCUT2D eigenvalue weighted by molar-refractivity contribution is 5.95. The number of hydrogen-bond acceptors (Lipinski definition) is 3. The summed E-state index contributed by atoms with van der Waals surface area (Å²) in [7, 11) is 0. The largest absolute Gasteiger partial charge is 0.494 e. The summed E-state index contributed by atoms with van der Waals surface area (Å²) in [6, 6.07) is 13.2. The molecule has 0 aromatic heterocycles. The van der Waals surface area contributed by atoms with E-state index in [4.69, 9.17) is 4.74 Å². The Morgan fingerprint density at radius 3 is 2.62 bits per heavy atom. The first-order valence-electron chi connectivity index (χ1n) is 8.01. The zero-order valence-electron chi connectivity index (χ0n) is 13.7. The van der Waals surface area contributed by atoms with Gasteiger partial charge in [0.15, 0.2) is 0 Å². The van der Waals surface area contributed by atoms with Crippen molar-refractivity contribution < 1.29 is 13.9 Å². The van der Waals surface area contributed by atoms with Crippen LogP contribution in [-0.4, -0.2) is 18.7 Å². The molecule has 0 radical (unpaired) electrons. The molecule has 0 heterocycles. The maximum absolute atomic E-state index is 13.5. The van der Waals surface area contributed by atoms with Gasteiger partial charge in [-0.1, -0.05) is 31.9 Å². The third-order valence-corrected chi connectivity index (χ3v) is 3.39. The van der Waals surface area contributed by atoms with Crippen LogP contribution in [0.3, 0.4) is 0 Å². The van der Waals surface area contributed by atoms with Gasteiger partial charge in [-0.2, -0.15) is 5.10 Å². The second kappa shape index (κ2) is 9.45. The molecule has 0 saturated heterocycles. The predicted molar refractivity (Wildman–Crippen MR) is 92.9 cm³/mol. The molecular weight excluding hydrogens is 307 g/mol. The molecule has 0 spiro atoms. The first-order chi connectivity index (χ1) is 11.7. The van der Waals surface area contributed by atoms with Crippen LogP contribution in [0.5, 0.6) is 5.75 Å². The highest BCUT2D eigenvalue weighted by atomic mass is 19.1. The summed E-state index contributed by atoms with van der Waals surface area (Å²) in [6.07, 6.45) is 4.87. The maximum Gasteiger partial charge on any atom is 0.274 e. The van der Waals surface area contributed by atoms with E-state index in [9.17, 15) is 9.18 Å². The Morgan fingerprint density at radius 1 is 1.17 bits per heavy atom. The van der Waals surface area contributed by atoms with E-state index in [1.807, 2.05) is 24.3 Å². The Labute approximate surface area is 141 Å². The van der Waals surface area contributed by atoms with E-state index in [2.05, 4.69) is 17.5 Å². The van der Waals surface area contributed by atoms with Gasteiger partial charge in [0, 0.05) is 0 Å². The number of carbonyl (C=O) groups excluding carboxylic acids is 1. The normalized spacial score (nSPS) is 10.8. The summed E-state index contributed by atoms with van der Waals surface area (Å²) in [6.45, 7) is 2.86. The van der Waals surface area contributed by atoms with Crippen LogP contribution in [-0.2, 0) is 0 Å². The van der Waals surface area contributed by atoms with Crippen molar-refractivity contribution in [3.05, 3.63) is 65.5 Å². The lowest BCUT2D eigenvalue weighted by Crippen LogP contribution is -2.18. The highest BCUT2D eigenvalue weighted by Gasteiger charge is 2.08. The fourth-order valence-corrected chi connectivity index (χ4v) is 2.06. The Bertz CT molecular complexity index is 684. The summed E-state index contributed by atoms with van der Waals surface area (Å²) in [5, 5.41) is 3.84. The van der Waals surface area contributed by atoms with Crippen molar-refractivity contribution in [3.63, 3.8) is 0 Å². The van der Waals surface area contributed by atoms with Crippen LogP contribution in [0.15, 0.2) is 53.6 Å². The molecule has 2 aromatic rings. The molecule has 0 aliphatic rings. The number of carbonyl (C=O) groups is 1. The van der Waals surface area contributed by atoms with Gasteiger partial charge in [0.05, 0.1) is 18.4 Å². The second-order valence-corrected chi connectivity index (χ2v) is 5.30. The van der Waals surface area contributed by atoms with Gasteiger partial charge < -0.3 is 4.74 Å². The molecule has 0 unspecified atom stereocenters. The molecule has 0 atom stereocenters. The summed E-state index contributed by atoms with van der Waals surface area (Å²) in [4.78, 5) is 11.8. The lowest BCUT2D eigenvalue weighted by atomic mass is 10.2. The van der Waals surface area contributed by atoms with Gasteiger partial charge in [0.2, 0.25) is 0 Å². The molecule has 126 valence electrons. The Kier molecular flexibility index (Phi) is 6.95.